The normalized spacial score (nSPS) is 16.4. The molecule has 1 saturated heterocycles. The molecule has 0 spiro atoms. The zero-order chi connectivity index (χ0) is 22.5. The Morgan fingerprint density at radius 2 is 1.59 bits per heavy atom. The first-order valence-corrected chi connectivity index (χ1v) is 10.9. The molecule has 1 fully saturated rings. The molecule has 0 N–H and O–H groups in total. The molecule has 4 rings (SSSR count). The first kappa shape index (κ1) is 21.9. The molecule has 164 valence electrons. The van der Waals surface area contributed by atoms with Crippen LogP contribution in [-0.2, 0) is 22.6 Å². The van der Waals surface area contributed by atoms with E-state index >= 15 is 0 Å². The lowest BCUT2D eigenvalue weighted by atomic mass is 9.99. The summed E-state index contributed by atoms with van der Waals surface area (Å²) < 4.78 is 5.26. The Hall–Kier alpha value is -3.31. The van der Waals surface area contributed by atoms with Crippen LogP contribution in [0.2, 0.25) is 5.02 Å². The maximum Gasteiger partial charge on any atom is 0.250 e. The third kappa shape index (κ3) is 4.94. The standard InChI is InChI=1S/C26H25ClN2O3/c1-32-23-13-9-21(10-14-23)25-26(31)28(16-15-19-5-3-2-4-6-19)18-24(30)29(25)17-20-7-11-22(27)12-8-20/h2-14,25H,15-18H2,1H3/t25-/m1/s1. The number of benzene rings is 3. The molecule has 0 radical (unpaired) electrons. The van der Waals surface area contributed by atoms with Crippen molar-refractivity contribution in [3.05, 3.63) is 101 Å². The van der Waals surface area contributed by atoms with Crippen molar-refractivity contribution in [2.24, 2.45) is 0 Å². The van der Waals surface area contributed by atoms with Crippen LogP contribution in [0.4, 0.5) is 0 Å². The van der Waals surface area contributed by atoms with Crippen molar-refractivity contribution in [2.75, 3.05) is 20.2 Å². The molecule has 5 nitrogen and oxygen atoms in total. The SMILES string of the molecule is COc1ccc([C@@H]2C(=O)N(CCc3ccccc3)CC(=O)N2Cc2ccc(Cl)cc2)cc1. The molecule has 1 atom stereocenters. The van der Waals surface area contributed by atoms with Gasteiger partial charge >= 0.3 is 0 Å². The number of halogens is 1. The minimum Gasteiger partial charge on any atom is -0.497 e. The molecule has 0 aliphatic carbocycles. The first-order valence-electron chi connectivity index (χ1n) is 10.6. The van der Waals surface area contributed by atoms with Gasteiger partial charge in [-0.25, -0.2) is 0 Å². The third-order valence-corrected chi connectivity index (χ3v) is 5.97. The van der Waals surface area contributed by atoms with E-state index in [-0.39, 0.29) is 18.4 Å². The average molecular weight is 449 g/mol. The highest BCUT2D eigenvalue weighted by atomic mass is 35.5. The van der Waals surface area contributed by atoms with E-state index in [9.17, 15) is 9.59 Å². The van der Waals surface area contributed by atoms with Gasteiger partial charge in [0.25, 0.3) is 5.91 Å². The molecule has 0 unspecified atom stereocenters. The molecular weight excluding hydrogens is 424 g/mol. The van der Waals surface area contributed by atoms with Crippen molar-refractivity contribution in [3.63, 3.8) is 0 Å². The molecular formula is C26H25ClN2O3. The Balaban J connectivity index is 1.60. The van der Waals surface area contributed by atoms with E-state index in [0.29, 0.717) is 30.3 Å². The second-order valence-electron chi connectivity index (χ2n) is 7.82. The highest BCUT2D eigenvalue weighted by molar-refractivity contribution is 6.30. The van der Waals surface area contributed by atoms with E-state index in [0.717, 1.165) is 16.7 Å². The number of hydrogen-bond acceptors (Lipinski definition) is 3. The Labute approximate surface area is 193 Å². The van der Waals surface area contributed by atoms with E-state index in [4.69, 9.17) is 16.3 Å². The van der Waals surface area contributed by atoms with E-state index in [2.05, 4.69) is 0 Å². The topological polar surface area (TPSA) is 49.9 Å². The van der Waals surface area contributed by atoms with Gasteiger partial charge < -0.3 is 14.5 Å². The van der Waals surface area contributed by atoms with Gasteiger partial charge in [-0.05, 0) is 47.4 Å². The average Bonchev–Trinajstić information content (AvgIpc) is 2.82. The van der Waals surface area contributed by atoms with Crippen molar-refractivity contribution in [3.8, 4) is 5.75 Å². The Bertz CT molecular complexity index is 1070. The smallest absolute Gasteiger partial charge is 0.250 e. The number of ether oxygens (including phenoxy) is 1. The predicted molar refractivity (Wildman–Crippen MR) is 124 cm³/mol. The summed E-state index contributed by atoms with van der Waals surface area (Å²) in [6, 6.07) is 24.0. The maximum absolute atomic E-state index is 13.6. The second kappa shape index (κ2) is 9.88. The summed E-state index contributed by atoms with van der Waals surface area (Å²) in [6.45, 7) is 0.910. The molecule has 2 amide bonds. The van der Waals surface area contributed by atoms with Crippen LogP contribution in [-0.4, -0.2) is 41.8 Å². The van der Waals surface area contributed by atoms with Gasteiger partial charge in [-0.3, -0.25) is 9.59 Å². The van der Waals surface area contributed by atoms with Crippen LogP contribution in [0.25, 0.3) is 0 Å². The van der Waals surface area contributed by atoms with Gasteiger partial charge in [0.1, 0.15) is 11.8 Å². The lowest BCUT2D eigenvalue weighted by Gasteiger charge is -2.40. The lowest BCUT2D eigenvalue weighted by Crippen LogP contribution is -2.55. The van der Waals surface area contributed by atoms with Gasteiger partial charge in [0.05, 0.1) is 13.7 Å². The largest absolute Gasteiger partial charge is 0.497 e. The molecule has 32 heavy (non-hydrogen) atoms. The van der Waals surface area contributed by atoms with Crippen LogP contribution in [0, 0.1) is 0 Å². The van der Waals surface area contributed by atoms with Crippen LogP contribution >= 0.6 is 11.6 Å². The Morgan fingerprint density at radius 1 is 0.906 bits per heavy atom. The molecule has 6 heteroatoms. The van der Waals surface area contributed by atoms with Gasteiger partial charge in [-0.15, -0.1) is 0 Å². The predicted octanol–water partition coefficient (Wildman–Crippen LogP) is 4.50. The number of carbonyl (C=O) groups is 2. The maximum atomic E-state index is 13.6. The number of nitrogens with zero attached hydrogens (tertiary/aromatic N) is 2. The number of amides is 2. The van der Waals surface area contributed by atoms with Gasteiger partial charge in [0.15, 0.2) is 0 Å². The molecule has 1 heterocycles. The highest BCUT2D eigenvalue weighted by Gasteiger charge is 2.40. The summed E-state index contributed by atoms with van der Waals surface area (Å²) in [5, 5.41) is 0.633. The summed E-state index contributed by atoms with van der Waals surface area (Å²) in [4.78, 5) is 30.1. The van der Waals surface area contributed by atoms with E-state index < -0.39 is 6.04 Å². The summed E-state index contributed by atoms with van der Waals surface area (Å²) in [6.07, 6.45) is 0.701. The van der Waals surface area contributed by atoms with Crippen LogP contribution < -0.4 is 4.74 Å². The Kier molecular flexibility index (Phi) is 6.76. The quantitative estimate of drug-likeness (QED) is 0.534. The summed E-state index contributed by atoms with van der Waals surface area (Å²) in [5.74, 6) is 0.557. The molecule has 1 aliphatic rings. The molecule has 1 aliphatic heterocycles. The molecule has 3 aromatic rings. The molecule has 0 saturated carbocycles. The van der Waals surface area contributed by atoms with Crippen LogP contribution in [0.1, 0.15) is 22.7 Å². The minimum atomic E-state index is -0.686. The second-order valence-corrected chi connectivity index (χ2v) is 8.26. The summed E-state index contributed by atoms with van der Waals surface area (Å²) in [5.41, 5.74) is 2.83. The number of hydrogen-bond donors (Lipinski definition) is 0. The number of methoxy groups -OCH3 is 1. The van der Waals surface area contributed by atoms with Gasteiger partial charge in [-0.1, -0.05) is 66.2 Å². The van der Waals surface area contributed by atoms with Gasteiger partial charge in [-0.2, -0.15) is 0 Å². The molecule has 3 aromatic carbocycles. The zero-order valence-corrected chi connectivity index (χ0v) is 18.7. The fourth-order valence-electron chi connectivity index (χ4n) is 3.95. The van der Waals surface area contributed by atoms with E-state index in [1.807, 2.05) is 66.7 Å². The van der Waals surface area contributed by atoms with Crippen LogP contribution in [0.5, 0.6) is 5.75 Å². The van der Waals surface area contributed by atoms with Gasteiger partial charge in [0, 0.05) is 18.1 Å². The van der Waals surface area contributed by atoms with Gasteiger partial charge in [0.2, 0.25) is 5.91 Å². The first-order chi connectivity index (χ1) is 15.5. The van der Waals surface area contributed by atoms with Crippen LogP contribution in [0.3, 0.4) is 0 Å². The zero-order valence-electron chi connectivity index (χ0n) is 17.9. The Morgan fingerprint density at radius 3 is 2.25 bits per heavy atom. The van der Waals surface area contributed by atoms with Crippen molar-refractivity contribution in [2.45, 2.75) is 19.0 Å². The lowest BCUT2D eigenvalue weighted by molar-refractivity contribution is -0.157. The van der Waals surface area contributed by atoms with Crippen molar-refractivity contribution < 1.29 is 14.3 Å². The fraction of sp³-hybridized carbons (Fsp3) is 0.231. The van der Waals surface area contributed by atoms with Crippen molar-refractivity contribution in [1.82, 2.24) is 9.80 Å². The number of rotatable bonds is 7. The van der Waals surface area contributed by atoms with E-state index in [1.165, 1.54) is 0 Å². The van der Waals surface area contributed by atoms with E-state index in [1.54, 1.807) is 29.0 Å². The number of piperazine rings is 1. The van der Waals surface area contributed by atoms with Crippen molar-refractivity contribution in [1.29, 1.82) is 0 Å². The van der Waals surface area contributed by atoms with Crippen LogP contribution in [0.15, 0.2) is 78.9 Å². The monoisotopic (exact) mass is 448 g/mol. The third-order valence-electron chi connectivity index (χ3n) is 5.71. The van der Waals surface area contributed by atoms with Crippen molar-refractivity contribution >= 4 is 23.4 Å². The summed E-state index contributed by atoms with van der Waals surface area (Å²) in [7, 11) is 1.60. The number of carbonyl (C=O) groups excluding carboxylic acids is 2. The highest BCUT2D eigenvalue weighted by Crippen LogP contribution is 2.30. The fourth-order valence-corrected chi connectivity index (χ4v) is 4.08. The minimum absolute atomic E-state index is 0.0698. The molecule has 0 bridgehead atoms. The summed E-state index contributed by atoms with van der Waals surface area (Å²) >= 11 is 6.01. The molecule has 0 aromatic heterocycles.